The molecule has 0 fully saturated rings. The van der Waals surface area contributed by atoms with E-state index in [-0.39, 0.29) is 0 Å². The van der Waals surface area contributed by atoms with E-state index < -0.39 is 5.97 Å². The van der Waals surface area contributed by atoms with Gasteiger partial charge in [0.05, 0.1) is 17.6 Å². The van der Waals surface area contributed by atoms with Crippen LogP contribution in [0.25, 0.3) is 0 Å². The first-order valence-corrected chi connectivity index (χ1v) is 8.41. The van der Waals surface area contributed by atoms with Crippen LogP contribution in [0, 0.1) is 0 Å². The number of carbonyl (C=O) groups excluding carboxylic acids is 1. The number of rotatable bonds is 5. The molecule has 0 atom stereocenters. The Bertz CT molecular complexity index is 881. The third-order valence-corrected chi connectivity index (χ3v) is 3.71. The van der Waals surface area contributed by atoms with Crippen molar-refractivity contribution >= 4 is 17.6 Å². The molecule has 3 aromatic rings. The van der Waals surface area contributed by atoms with E-state index in [0.29, 0.717) is 23.8 Å². The van der Waals surface area contributed by atoms with Crippen molar-refractivity contribution in [2.45, 2.75) is 20.3 Å². The minimum absolute atomic E-state index is 0.334. The molecule has 130 valence electrons. The summed E-state index contributed by atoms with van der Waals surface area (Å²) in [7, 11) is 0. The maximum absolute atomic E-state index is 11.2. The van der Waals surface area contributed by atoms with Gasteiger partial charge in [0.15, 0.2) is 5.75 Å². The molecule has 0 bridgehead atoms. The van der Waals surface area contributed by atoms with E-state index in [4.69, 9.17) is 4.74 Å². The summed E-state index contributed by atoms with van der Waals surface area (Å²) >= 11 is 0. The van der Waals surface area contributed by atoms with Gasteiger partial charge in [-0.1, -0.05) is 67.6 Å². The minimum Gasteiger partial charge on any atom is -0.423 e. The molecule has 5 nitrogen and oxygen atoms in total. The fourth-order valence-corrected chi connectivity index (χ4v) is 2.53. The second-order valence-electron chi connectivity index (χ2n) is 5.62. The van der Waals surface area contributed by atoms with Gasteiger partial charge in [0.2, 0.25) is 5.95 Å². The number of esters is 1. The molecule has 5 heteroatoms. The van der Waals surface area contributed by atoms with Crippen LogP contribution in [0.15, 0.2) is 71.9 Å². The molecule has 26 heavy (non-hydrogen) atoms. The van der Waals surface area contributed by atoms with Crippen molar-refractivity contribution in [3.05, 3.63) is 83.7 Å². The van der Waals surface area contributed by atoms with Crippen LogP contribution in [0.2, 0.25) is 0 Å². The molecule has 0 spiro atoms. The van der Waals surface area contributed by atoms with Gasteiger partial charge in [-0.3, -0.25) is 4.79 Å². The highest BCUT2D eigenvalue weighted by Gasteiger charge is 2.11. The molecule has 0 aliphatic rings. The van der Waals surface area contributed by atoms with Crippen molar-refractivity contribution < 1.29 is 9.53 Å². The number of nitrogens with zero attached hydrogens (tertiary/aromatic N) is 3. The second kappa shape index (κ2) is 8.16. The average molecular weight is 345 g/mol. The lowest BCUT2D eigenvalue weighted by Gasteiger charge is -2.09. The first kappa shape index (κ1) is 17.5. The van der Waals surface area contributed by atoms with Crippen molar-refractivity contribution in [2.75, 3.05) is 0 Å². The Balaban J connectivity index is 2.07. The van der Waals surface area contributed by atoms with Crippen molar-refractivity contribution in [2.24, 2.45) is 4.99 Å². The van der Waals surface area contributed by atoms with Gasteiger partial charge in [0.1, 0.15) is 0 Å². The minimum atomic E-state index is -0.395. The van der Waals surface area contributed by atoms with E-state index in [1.165, 1.54) is 13.1 Å². The number of benzene rings is 2. The lowest BCUT2D eigenvalue weighted by Crippen LogP contribution is -2.07. The quantitative estimate of drug-likeness (QED) is 0.515. The van der Waals surface area contributed by atoms with E-state index in [1.807, 2.05) is 67.6 Å². The Labute approximate surface area is 152 Å². The molecule has 0 saturated heterocycles. The Morgan fingerprint density at radius 1 is 1.00 bits per heavy atom. The summed E-state index contributed by atoms with van der Waals surface area (Å²) in [5, 5.41) is 0. The smallest absolute Gasteiger partial charge is 0.308 e. The van der Waals surface area contributed by atoms with Gasteiger partial charge >= 0.3 is 5.97 Å². The van der Waals surface area contributed by atoms with Crippen LogP contribution in [0.3, 0.4) is 0 Å². The van der Waals surface area contributed by atoms with Crippen LogP contribution in [0.5, 0.6) is 5.75 Å². The highest BCUT2D eigenvalue weighted by molar-refractivity contribution is 6.13. The molecular weight excluding hydrogens is 326 g/mol. The van der Waals surface area contributed by atoms with Gasteiger partial charge < -0.3 is 4.74 Å². The normalized spacial score (nSPS) is 10.2. The van der Waals surface area contributed by atoms with E-state index in [1.54, 1.807) is 0 Å². The number of hydrogen-bond acceptors (Lipinski definition) is 5. The Morgan fingerprint density at radius 2 is 1.58 bits per heavy atom. The first-order valence-electron chi connectivity index (χ1n) is 8.41. The van der Waals surface area contributed by atoms with Crippen molar-refractivity contribution in [1.82, 2.24) is 9.97 Å². The van der Waals surface area contributed by atoms with E-state index >= 15 is 0 Å². The van der Waals surface area contributed by atoms with Crippen LogP contribution in [0.4, 0.5) is 5.95 Å². The van der Waals surface area contributed by atoms with Gasteiger partial charge in [0, 0.05) is 18.1 Å². The summed E-state index contributed by atoms with van der Waals surface area (Å²) < 4.78 is 5.15. The Hall–Kier alpha value is -3.34. The molecule has 1 heterocycles. The van der Waals surface area contributed by atoms with Gasteiger partial charge in [-0.15, -0.1) is 0 Å². The summed E-state index contributed by atoms with van der Waals surface area (Å²) in [6.45, 7) is 3.30. The monoisotopic (exact) mass is 345 g/mol. The lowest BCUT2D eigenvalue weighted by molar-refractivity contribution is -0.131. The lowest BCUT2D eigenvalue weighted by atomic mass is 10.0. The predicted octanol–water partition coefficient (Wildman–Crippen LogP) is 4.13. The Morgan fingerprint density at radius 3 is 2.08 bits per heavy atom. The zero-order valence-electron chi connectivity index (χ0n) is 14.7. The number of aryl methyl sites for hydroxylation is 1. The topological polar surface area (TPSA) is 64.4 Å². The van der Waals surface area contributed by atoms with Gasteiger partial charge in [0.25, 0.3) is 0 Å². The second-order valence-corrected chi connectivity index (χ2v) is 5.62. The maximum atomic E-state index is 11.2. The molecule has 0 saturated carbocycles. The SMILES string of the molecule is CCc1nc(N=C(c2ccccc2)c2ccccc2)ncc1OC(C)=O. The molecule has 0 N–H and O–H groups in total. The zero-order valence-corrected chi connectivity index (χ0v) is 14.7. The molecule has 3 rings (SSSR count). The third-order valence-electron chi connectivity index (χ3n) is 3.71. The fraction of sp³-hybridized carbons (Fsp3) is 0.143. The van der Waals surface area contributed by atoms with Crippen molar-refractivity contribution in [3.63, 3.8) is 0 Å². The summed E-state index contributed by atoms with van der Waals surface area (Å²) in [6, 6.07) is 19.8. The van der Waals surface area contributed by atoms with E-state index in [9.17, 15) is 4.79 Å². The molecule has 0 aliphatic carbocycles. The fourth-order valence-electron chi connectivity index (χ4n) is 2.53. The van der Waals surface area contributed by atoms with Crippen LogP contribution in [-0.4, -0.2) is 21.6 Å². The van der Waals surface area contributed by atoms with Crippen LogP contribution < -0.4 is 4.74 Å². The van der Waals surface area contributed by atoms with Crippen LogP contribution in [0.1, 0.15) is 30.7 Å². The number of aliphatic imine (C=N–C) groups is 1. The van der Waals surface area contributed by atoms with Crippen LogP contribution >= 0.6 is 0 Å². The number of ether oxygens (including phenoxy) is 1. The van der Waals surface area contributed by atoms with Gasteiger partial charge in [-0.25, -0.2) is 15.0 Å². The molecule has 2 aromatic carbocycles. The number of hydrogen-bond donors (Lipinski definition) is 0. The Kier molecular flexibility index (Phi) is 5.49. The van der Waals surface area contributed by atoms with E-state index in [2.05, 4.69) is 15.0 Å². The molecule has 0 radical (unpaired) electrons. The summed E-state index contributed by atoms with van der Waals surface area (Å²) in [6.07, 6.45) is 2.11. The average Bonchev–Trinajstić information content (AvgIpc) is 2.68. The number of aromatic nitrogens is 2. The van der Waals surface area contributed by atoms with Crippen LogP contribution in [-0.2, 0) is 11.2 Å². The van der Waals surface area contributed by atoms with E-state index in [0.717, 1.165) is 16.8 Å². The highest BCUT2D eigenvalue weighted by Crippen LogP contribution is 2.21. The highest BCUT2D eigenvalue weighted by atomic mass is 16.5. The predicted molar refractivity (Wildman–Crippen MR) is 101 cm³/mol. The van der Waals surface area contributed by atoms with Gasteiger partial charge in [-0.2, -0.15) is 0 Å². The molecule has 0 unspecified atom stereocenters. The molecule has 0 amide bonds. The largest absolute Gasteiger partial charge is 0.423 e. The van der Waals surface area contributed by atoms with Crippen molar-refractivity contribution in [3.8, 4) is 5.75 Å². The standard InChI is InChI=1S/C21H19N3O2/c1-3-18-19(26-15(2)25)14-22-21(23-18)24-20(16-10-6-4-7-11-16)17-12-8-5-9-13-17/h4-14H,3H2,1-2H3. The summed E-state index contributed by atoms with van der Waals surface area (Å²) in [5.41, 5.74) is 3.39. The van der Waals surface area contributed by atoms with Gasteiger partial charge in [-0.05, 0) is 6.42 Å². The molecule has 1 aromatic heterocycles. The number of carbonyl (C=O) groups is 1. The maximum Gasteiger partial charge on any atom is 0.308 e. The first-order chi connectivity index (χ1) is 12.7. The molecular formula is C21H19N3O2. The summed E-state index contributed by atoms with van der Waals surface area (Å²) in [5.74, 6) is 0.314. The van der Waals surface area contributed by atoms with Crippen molar-refractivity contribution in [1.29, 1.82) is 0 Å². The zero-order chi connectivity index (χ0) is 18.4. The third kappa shape index (κ3) is 4.19. The molecule has 0 aliphatic heterocycles. The summed E-state index contributed by atoms with van der Waals surface area (Å²) in [4.78, 5) is 24.6.